The number of rotatable bonds is 22. The van der Waals surface area contributed by atoms with Crippen LogP contribution in [0.15, 0.2) is 0 Å². The van der Waals surface area contributed by atoms with Crippen molar-refractivity contribution in [2.75, 3.05) is 59.4 Å². The zero-order chi connectivity index (χ0) is 27.5. The molecular formula is C31H70N4O2. The topological polar surface area (TPSA) is 56.8 Å². The fourth-order valence-corrected chi connectivity index (χ4v) is 3.89. The Balaban J connectivity index is -0.000000623. The number of carbonyl (C=O) groups excluding carboxylic acids is 1. The molecule has 2 N–H and O–H groups in total. The number of hydrogen-bond acceptors (Lipinski definition) is 5. The van der Waals surface area contributed by atoms with Crippen molar-refractivity contribution in [3.05, 3.63) is 0 Å². The van der Waals surface area contributed by atoms with Crippen LogP contribution in [0, 0.1) is 0 Å². The van der Waals surface area contributed by atoms with Gasteiger partial charge in [0.05, 0.1) is 0 Å². The van der Waals surface area contributed by atoms with Crippen LogP contribution >= 0.6 is 0 Å². The molecule has 0 aromatic heterocycles. The van der Waals surface area contributed by atoms with Crippen molar-refractivity contribution in [1.29, 1.82) is 0 Å². The molecule has 0 aliphatic rings. The Labute approximate surface area is 234 Å². The quantitative estimate of drug-likeness (QED) is 0.140. The van der Waals surface area contributed by atoms with E-state index in [2.05, 4.69) is 48.1 Å². The zero-order valence-corrected chi connectivity index (χ0v) is 25.9. The molecule has 37 heavy (non-hydrogen) atoms. The van der Waals surface area contributed by atoms with E-state index in [9.17, 15) is 4.79 Å². The molecule has 0 saturated heterocycles. The number of nitrogens with one attached hydrogen (secondary N) is 2. The maximum absolute atomic E-state index is 11.5. The third kappa shape index (κ3) is 33.1. The van der Waals surface area contributed by atoms with Crippen molar-refractivity contribution >= 4 is 6.09 Å². The first-order valence-corrected chi connectivity index (χ1v) is 15.3. The van der Waals surface area contributed by atoms with Crippen molar-refractivity contribution in [3.63, 3.8) is 0 Å². The van der Waals surface area contributed by atoms with Gasteiger partial charge in [0.2, 0.25) is 0 Å². The molecule has 0 radical (unpaired) electrons. The summed E-state index contributed by atoms with van der Waals surface area (Å²) in [6.45, 7) is 23.8. The van der Waals surface area contributed by atoms with Gasteiger partial charge in [0.25, 0.3) is 0 Å². The fourth-order valence-electron chi connectivity index (χ4n) is 3.89. The zero-order valence-electron chi connectivity index (χ0n) is 25.9. The molecule has 6 heteroatoms. The summed E-state index contributed by atoms with van der Waals surface area (Å²) >= 11 is 0. The van der Waals surface area contributed by atoms with Crippen LogP contribution in [0.1, 0.15) is 133 Å². The van der Waals surface area contributed by atoms with E-state index in [1.807, 2.05) is 27.8 Å². The molecule has 0 aliphatic heterocycles. The van der Waals surface area contributed by atoms with Crippen LogP contribution < -0.4 is 10.6 Å². The van der Waals surface area contributed by atoms with Gasteiger partial charge in [-0.2, -0.15) is 0 Å². The van der Waals surface area contributed by atoms with E-state index in [-0.39, 0.29) is 13.5 Å². The summed E-state index contributed by atoms with van der Waals surface area (Å²) in [5.74, 6) is 0. The molecule has 0 bridgehead atoms. The van der Waals surface area contributed by atoms with Gasteiger partial charge in [-0.15, -0.1) is 0 Å². The van der Waals surface area contributed by atoms with E-state index >= 15 is 0 Å². The van der Waals surface area contributed by atoms with Gasteiger partial charge >= 0.3 is 6.09 Å². The Morgan fingerprint density at radius 3 is 1.38 bits per heavy atom. The average Bonchev–Trinajstić information content (AvgIpc) is 2.82. The second-order valence-electron chi connectivity index (χ2n) is 11.0. The predicted molar refractivity (Wildman–Crippen MR) is 166 cm³/mol. The van der Waals surface area contributed by atoms with Gasteiger partial charge in [0, 0.05) is 6.54 Å². The van der Waals surface area contributed by atoms with Crippen molar-refractivity contribution in [2.24, 2.45) is 0 Å². The van der Waals surface area contributed by atoms with Crippen LogP contribution in [0.4, 0.5) is 4.79 Å². The highest BCUT2D eigenvalue weighted by Gasteiger charge is 2.15. The van der Waals surface area contributed by atoms with Gasteiger partial charge in [0.15, 0.2) is 0 Å². The number of unbranched alkanes of at least 4 members (excludes halogenated alkanes) is 6. The molecule has 0 saturated carbocycles. The van der Waals surface area contributed by atoms with Crippen molar-refractivity contribution in [1.82, 2.24) is 20.4 Å². The number of alkyl carbamates (subject to hydrolysis) is 1. The second-order valence-corrected chi connectivity index (χ2v) is 11.0. The molecule has 0 atom stereocenters. The molecular weight excluding hydrogens is 460 g/mol. The predicted octanol–water partition coefficient (Wildman–Crippen LogP) is 7.72. The van der Waals surface area contributed by atoms with Gasteiger partial charge in [-0.05, 0) is 112 Å². The Hall–Kier alpha value is -0.850. The Morgan fingerprint density at radius 2 is 1.00 bits per heavy atom. The minimum absolute atomic E-state index is 0. The maximum Gasteiger partial charge on any atom is 0.407 e. The van der Waals surface area contributed by atoms with Crippen LogP contribution in [0.3, 0.4) is 0 Å². The van der Waals surface area contributed by atoms with E-state index in [1.54, 1.807) is 0 Å². The summed E-state index contributed by atoms with van der Waals surface area (Å²) in [6, 6.07) is 0. The lowest BCUT2D eigenvalue weighted by Gasteiger charge is -2.22. The second kappa shape index (κ2) is 29.7. The minimum Gasteiger partial charge on any atom is -0.444 e. The van der Waals surface area contributed by atoms with Crippen LogP contribution in [-0.4, -0.2) is 80.9 Å². The van der Waals surface area contributed by atoms with Crippen molar-refractivity contribution in [2.45, 2.75) is 139 Å². The number of nitrogens with zero attached hydrogens (tertiary/aromatic N) is 2. The molecule has 0 aromatic rings. The van der Waals surface area contributed by atoms with E-state index in [4.69, 9.17) is 4.74 Å². The first kappa shape index (κ1) is 40.6. The lowest BCUT2D eigenvalue weighted by molar-refractivity contribution is 0.0525. The molecule has 0 heterocycles. The van der Waals surface area contributed by atoms with Crippen LogP contribution in [0.25, 0.3) is 0 Å². The number of amides is 1. The molecule has 0 spiro atoms. The highest BCUT2D eigenvalue weighted by Crippen LogP contribution is 2.06. The average molecular weight is 531 g/mol. The van der Waals surface area contributed by atoms with E-state index in [0.717, 1.165) is 19.5 Å². The summed E-state index contributed by atoms with van der Waals surface area (Å²) < 4.78 is 5.21. The summed E-state index contributed by atoms with van der Waals surface area (Å²) in [5.41, 5.74) is -0.418. The van der Waals surface area contributed by atoms with Crippen molar-refractivity contribution < 1.29 is 9.53 Å². The largest absolute Gasteiger partial charge is 0.444 e. The maximum atomic E-state index is 11.5. The Kier molecular flexibility index (Phi) is 32.6. The fraction of sp³-hybridized carbons (Fsp3) is 0.968. The van der Waals surface area contributed by atoms with Gasteiger partial charge in [-0.25, -0.2) is 4.79 Å². The first-order chi connectivity index (χ1) is 17.2. The molecule has 226 valence electrons. The molecule has 0 rings (SSSR count). The van der Waals surface area contributed by atoms with Gasteiger partial charge in [0.1, 0.15) is 5.60 Å². The van der Waals surface area contributed by atoms with Crippen LogP contribution in [0.5, 0.6) is 0 Å². The van der Waals surface area contributed by atoms with E-state index < -0.39 is 5.60 Å². The molecule has 6 nitrogen and oxygen atoms in total. The smallest absolute Gasteiger partial charge is 0.407 e. The lowest BCUT2D eigenvalue weighted by Crippen LogP contribution is -2.35. The van der Waals surface area contributed by atoms with Gasteiger partial charge in [-0.1, -0.05) is 73.6 Å². The third-order valence-electron chi connectivity index (χ3n) is 6.03. The summed E-state index contributed by atoms with van der Waals surface area (Å²) in [6.07, 6.45) is 15.1. The Morgan fingerprint density at radius 1 is 0.622 bits per heavy atom. The van der Waals surface area contributed by atoms with Crippen molar-refractivity contribution in [3.8, 4) is 0 Å². The summed E-state index contributed by atoms with van der Waals surface area (Å²) in [4.78, 5) is 16.7. The number of hydrogen-bond donors (Lipinski definition) is 2. The van der Waals surface area contributed by atoms with E-state index in [1.165, 1.54) is 103 Å². The molecule has 1 amide bonds. The number of carbonyl (C=O) groups is 1. The van der Waals surface area contributed by atoms with Gasteiger partial charge < -0.3 is 25.2 Å². The summed E-state index contributed by atoms with van der Waals surface area (Å²) in [5, 5.41) is 6.05. The lowest BCUT2D eigenvalue weighted by atomic mass is 10.2. The molecule has 0 aromatic carbocycles. The van der Waals surface area contributed by atoms with E-state index in [0.29, 0.717) is 6.54 Å². The van der Waals surface area contributed by atoms with Crippen LogP contribution in [0.2, 0.25) is 0 Å². The Bertz CT molecular complexity index is 423. The van der Waals surface area contributed by atoms with Crippen LogP contribution in [-0.2, 0) is 4.74 Å². The first-order valence-electron chi connectivity index (χ1n) is 15.3. The monoisotopic (exact) mass is 531 g/mol. The molecule has 0 fully saturated rings. The third-order valence-corrected chi connectivity index (χ3v) is 6.03. The number of ether oxygens (including phenoxy) is 1. The molecule has 0 aliphatic carbocycles. The normalized spacial score (nSPS) is 11.2. The standard InChI is InChI=1S/C16H34N2O2.C14H32N2.CH4/c1-6-8-12-18(13-9-7-2)14-10-11-17-15(19)20-16(3,4)5;1-4-6-8-12-16(13-9-7-5-2)14-10-11-15-3;/h6-14H2,1-5H3,(H,17,19);15H,4-14H2,1-3H3;1H4. The summed E-state index contributed by atoms with van der Waals surface area (Å²) in [7, 11) is 2.04. The highest BCUT2D eigenvalue weighted by atomic mass is 16.6. The SMILES string of the molecule is C.CCCCCN(CCCCC)CCCNC.CCCCN(CCCC)CCCNC(=O)OC(C)(C)C. The highest BCUT2D eigenvalue weighted by molar-refractivity contribution is 5.67. The van der Waals surface area contributed by atoms with Gasteiger partial charge in [-0.3, -0.25) is 0 Å². The minimum atomic E-state index is -0.418. The molecule has 0 unspecified atom stereocenters.